The summed E-state index contributed by atoms with van der Waals surface area (Å²) in [6, 6.07) is 13.5. The van der Waals surface area contributed by atoms with E-state index >= 15 is 0 Å². The molecule has 0 saturated carbocycles. The molecule has 1 unspecified atom stereocenters. The minimum atomic E-state index is -0.308. The summed E-state index contributed by atoms with van der Waals surface area (Å²) in [7, 11) is 3.79. The molecule has 0 spiro atoms. The van der Waals surface area contributed by atoms with E-state index in [0.29, 0.717) is 25.4 Å². The Bertz CT molecular complexity index is 722. The van der Waals surface area contributed by atoms with E-state index in [1.807, 2.05) is 56.3 Å². The van der Waals surface area contributed by atoms with Gasteiger partial charge in [0.1, 0.15) is 5.82 Å². The number of para-hydroxylation sites is 1. The van der Waals surface area contributed by atoms with E-state index in [0.717, 1.165) is 11.1 Å². The quantitative estimate of drug-likeness (QED) is 0.754. The summed E-state index contributed by atoms with van der Waals surface area (Å²) >= 11 is 0. The van der Waals surface area contributed by atoms with E-state index in [-0.39, 0.29) is 17.9 Å². The van der Waals surface area contributed by atoms with Crippen molar-refractivity contribution in [1.29, 1.82) is 0 Å². The molecule has 2 N–H and O–H groups in total. The van der Waals surface area contributed by atoms with Gasteiger partial charge in [-0.1, -0.05) is 30.3 Å². The Kier molecular flexibility index (Phi) is 7.56. The lowest BCUT2D eigenvalue weighted by atomic mass is 10.1. The van der Waals surface area contributed by atoms with Crippen molar-refractivity contribution < 1.29 is 13.9 Å². The van der Waals surface area contributed by atoms with Crippen molar-refractivity contribution in [2.24, 2.45) is 0 Å². The fourth-order valence-electron chi connectivity index (χ4n) is 2.65. The maximum Gasteiger partial charge on any atom is 0.319 e. The summed E-state index contributed by atoms with van der Waals surface area (Å²) in [6.45, 7) is 3.34. The molecule has 2 amide bonds. The summed E-state index contributed by atoms with van der Waals surface area (Å²) < 4.78 is 18.9. The number of anilines is 1. The lowest BCUT2D eigenvalue weighted by molar-refractivity contribution is 0.134. The van der Waals surface area contributed by atoms with Crippen molar-refractivity contribution in [3.05, 3.63) is 65.5 Å². The van der Waals surface area contributed by atoms with E-state index in [1.165, 1.54) is 12.1 Å². The number of rotatable bonds is 8. The third-order valence-corrected chi connectivity index (χ3v) is 4.04. The normalized spacial score (nSPS) is 12.0. The van der Waals surface area contributed by atoms with E-state index < -0.39 is 0 Å². The lowest BCUT2D eigenvalue weighted by Crippen LogP contribution is -2.37. The van der Waals surface area contributed by atoms with Crippen LogP contribution in [0.1, 0.15) is 24.1 Å². The second-order valence-electron chi connectivity index (χ2n) is 6.16. The summed E-state index contributed by atoms with van der Waals surface area (Å²) in [5, 5.41) is 5.71. The molecule has 5 nitrogen and oxygen atoms in total. The molecule has 0 saturated heterocycles. The molecular formula is C20H26FN3O2. The van der Waals surface area contributed by atoms with E-state index in [9.17, 15) is 9.18 Å². The average Bonchev–Trinajstić information content (AvgIpc) is 2.61. The first-order chi connectivity index (χ1) is 12.5. The number of nitrogens with one attached hydrogen (secondary N) is 2. The maximum absolute atomic E-state index is 13.5. The van der Waals surface area contributed by atoms with Gasteiger partial charge in [0.25, 0.3) is 0 Å². The Morgan fingerprint density at radius 1 is 1.19 bits per heavy atom. The van der Waals surface area contributed by atoms with Gasteiger partial charge in [-0.2, -0.15) is 0 Å². The predicted octanol–water partition coefficient (Wildman–Crippen LogP) is 3.79. The van der Waals surface area contributed by atoms with Gasteiger partial charge in [0.2, 0.25) is 0 Å². The van der Waals surface area contributed by atoms with Gasteiger partial charge in [0.15, 0.2) is 0 Å². The van der Waals surface area contributed by atoms with Gasteiger partial charge in [0.05, 0.1) is 12.6 Å². The molecule has 0 aliphatic carbocycles. The molecule has 2 aromatic rings. The van der Waals surface area contributed by atoms with Crippen LogP contribution in [0.2, 0.25) is 0 Å². The summed E-state index contributed by atoms with van der Waals surface area (Å²) in [4.78, 5) is 14.3. The third-order valence-electron chi connectivity index (χ3n) is 4.04. The van der Waals surface area contributed by atoms with Crippen LogP contribution >= 0.6 is 0 Å². The van der Waals surface area contributed by atoms with Crippen molar-refractivity contribution in [3.63, 3.8) is 0 Å². The number of nitrogens with zero attached hydrogens (tertiary/aromatic N) is 1. The Labute approximate surface area is 154 Å². The molecule has 0 heterocycles. The first-order valence-electron chi connectivity index (χ1n) is 8.63. The molecule has 0 aromatic heterocycles. The SMILES string of the molecule is CCOCc1ccccc1NC(=O)NCC(c1cccc(F)c1)N(C)C. The van der Waals surface area contributed by atoms with Crippen molar-refractivity contribution >= 4 is 11.7 Å². The van der Waals surface area contributed by atoms with E-state index in [1.54, 1.807) is 6.07 Å². The van der Waals surface area contributed by atoms with Crippen LogP contribution in [0.15, 0.2) is 48.5 Å². The molecular weight excluding hydrogens is 333 g/mol. The van der Waals surface area contributed by atoms with Crippen LogP contribution in [-0.4, -0.2) is 38.2 Å². The van der Waals surface area contributed by atoms with Crippen molar-refractivity contribution in [2.75, 3.05) is 32.6 Å². The van der Waals surface area contributed by atoms with Crippen LogP contribution in [0.3, 0.4) is 0 Å². The zero-order chi connectivity index (χ0) is 18.9. The monoisotopic (exact) mass is 359 g/mol. The highest BCUT2D eigenvalue weighted by atomic mass is 19.1. The second kappa shape index (κ2) is 9.89. The largest absolute Gasteiger partial charge is 0.377 e. The number of halogens is 1. The fraction of sp³-hybridized carbons (Fsp3) is 0.350. The Morgan fingerprint density at radius 2 is 1.96 bits per heavy atom. The molecule has 0 fully saturated rings. The molecule has 140 valence electrons. The number of hydrogen-bond acceptors (Lipinski definition) is 3. The number of carbonyl (C=O) groups is 1. The number of likely N-dealkylation sites (N-methyl/N-ethyl adjacent to an activating group) is 1. The summed E-state index contributed by atoms with van der Waals surface area (Å²) in [5.41, 5.74) is 2.44. The first kappa shape index (κ1) is 19.9. The minimum absolute atomic E-state index is 0.130. The number of benzene rings is 2. The van der Waals surface area contributed by atoms with Gasteiger partial charge in [-0.25, -0.2) is 9.18 Å². The Balaban J connectivity index is 1.99. The van der Waals surface area contributed by atoms with Crippen molar-refractivity contribution in [1.82, 2.24) is 10.2 Å². The highest BCUT2D eigenvalue weighted by Crippen LogP contribution is 2.19. The summed E-state index contributed by atoms with van der Waals surface area (Å²) in [6.07, 6.45) is 0. The smallest absolute Gasteiger partial charge is 0.319 e. The van der Waals surface area contributed by atoms with Crippen LogP contribution in [0.4, 0.5) is 14.9 Å². The van der Waals surface area contributed by atoms with Crippen LogP contribution in [0, 0.1) is 5.82 Å². The third kappa shape index (κ3) is 5.82. The number of amides is 2. The maximum atomic E-state index is 13.5. The van der Waals surface area contributed by atoms with Gasteiger partial charge >= 0.3 is 6.03 Å². The van der Waals surface area contributed by atoms with Crippen LogP contribution in [-0.2, 0) is 11.3 Å². The molecule has 26 heavy (non-hydrogen) atoms. The summed E-state index contributed by atoms with van der Waals surface area (Å²) in [5.74, 6) is -0.288. The number of hydrogen-bond donors (Lipinski definition) is 2. The van der Waals surface area contributed by atoms with Gasteiger partial charge in [-0.15, -0.1) is 0 Å². The molecule has 6 heteroatoms. The first-order valence-corrected chi connectivity index (χ1v) is 8.63. The van der Waals surface area contributed by atoms with Crippen LogP contribution < -0.4 is 10.6 Å². The fourth-order valence-corrected chi connectivity index (χ4v) is 2.65. The Morgan fingerprint density at radius 3 is 2.65 bits per heavy atom. The zero-order valence-electron chi connectivity index (χ0n) is 15.5. The van der Waals surface area contributed by atoms with Gasteiger partial charge in [0, 0.05) is 24.4 Å². The zero-order valence-corrected chi connectivity index (χ0v) is 15.5. The number of carbonyl (C=O) groups excluding carboxylic acids is 1. The van der Waals surface area contributed by atoms with E-state index in [2.05, 4.69) is 10.6 Å². The molecule has 0 aliphatic rings. The second-order valence-corrected chi connectivity index (χ2v) is 6.16. The van der Waals surface area contributed by atoms with Gasteiger partial charge < -0.3 is 20.3 Å². The highest BCUT2D eigenvalue weighted by Gasteiger charge is 2.16. The van der Waals surface area contributed by atoms with E-state index in [4.69, 9.17) is 4.74 Å². The topological polar surface area (TPSA) is 53.6 Å². The van der Waals surface area contributed by atoms with Crippen LogP contribution in [0.25, 0.3) is 0 Å². The van der Waals surface area contributed by atoms with Gasteiger partial charge in [-0.3, -0.25) is 0 Å². The minimum Gasteiger partial charge on any atom is -0.377 e. The number of urea groups is 1. The van der Waals surface area contributed by atoms with Crippen molar-refractivity contribution in [3.8, 4) is 0 Å². The molecule has 0 bridgehead atoms. The van der Waals surface area contributed by atoms with Crippen molar-refractivity contribution in [2.45, 2.75) is 19.6 Å². The standard InChI is InChI=1S/C20H26FN3O2/c1-4-26-14-16-8-5-6-11-18(16)23-20(25)22-13-19(24(2)3)15-9-7-10-17(21)12-15/h5-12,19H,4,13-14H2,1-3H3,(H2,22,23,25). The molecule has 0 radical (unpaired) electrons. The lowest BCUT2D eigenvalue weighted by Gasteiger charge is -2.25. The van der Waals surface area contributed by atoms with Crippen LogP contribution in [0.5, 0.6) is 0 Å². The number of ether oxygens (including phenoxy) is 1. The predicted molar refractivity (Wildman–Crippen MR) is 102 cm³/mol. The van der Waals surface area contributed by atoms with Gasteiger partial charge in [-0.05, 0) is 44.8 Å². The average molecular weight is 359 g/mol. The molecule has 1 atom stereocenters. The Hall–Kier alpha value is -2.44. The molecule has 0 aliphatic heterocycles. The molecule has 2 aromatic carbocycles. The highest BCUT2D eigenvalue weighted by molar-refractivity contribution is 5.90. The molecule has 2 rings (SSSR count).